The van der Waals surface area contributed by atoms with E-state index in [1.807, 2.05) is 37.3 Å². The smallest absolute Gasteiger partial charge is 0.134 e. The Kier molecular flexibility index (Phi) is 5.23. The van der Waals surface area contributed by atoms with E-state index < -0.39 is 6.10 Å². The molecule has 2 rings (SSSR count). The highest BCUT2D eigenvalue weighted by molar-refractivity contribution is 9.10. The second-order valence-electron chi connectivity index (χ2n) is 4.55. The first kappa shape index (κ1) is 15.1. The Morgan fingerprint density at radius 1 is 1.30 bits per heavy atom. The number of methoxy groups -OCH3 is 1. The summed E-state index contributed by atoms with van der Waals surface area (Å²) in [5.74, 6) is 1.61. The average molecular weight is 340 g/mol. The maximum Gasteiger partial charge on any atom is 0.134 e. The lowest BCUT2D eigenvalue weighted by atomic mass is 10.1. The van der Waals surface area contributed by atoms with Crippen LogP contribution in [-0.2, 0) is 0 Å². The lowest BCUT2D eigenvalue weighted by Crippen LogP contribution is -2.24. The SMILES string of the molecule is COc1ccc(C(O)CNC(C)c2occc2Br)cc1. The topological polar surface area (TPSA) is 54.6 Å². The Bertz CT molecular complexity index is 538. The zero-order valence-electron chi connectivity index (χ0n) is 11.5. The highest BCUT2D eigenvalue weighted by atomic mass is 79.9. The summed E-state index contributed by atoms with van der Waals surface area (Å²) >= 11 is 3.42. The monoisotopic (exact) mass is 339 g/mol. The third-order valence-electron chi connectivity index (χ3n) is 3.16. The molecule has 0 fully saturated rings. The van der Waals surface area contributed by atoms with E-state index in [1.54, 1.807) is 13.4 Å². The highest BCUT2D eigenvalue weighted by Gasteiger charge is 2.15. The van der Waals surface area contributed by atoms with Gasteiger partial charge in [0.2, 0.25) is 0 Å². The second kappa shape index (κ2) is 6.92. The predicted octanol–water partition coefficient (Wildman–Crippen LogP) is 3.43. The van der Waals surface area contributed by atoms with E-state index in [4.69, 9.17) is 9.15 Å². The summed E-state index contributed by atoms with van der Waals surface area (Å²) in [5, 5.41) is 13.4. The molecule has 0 aliphatic rings. The van der Waals surface area contributed by atoms with Crippen molar-refractivity contribution >= 4 is 15.9 Å². The van der Waals surface area contributed by atoms with Gasteiger partial charge in [-0.15, -0.1) is 0 Å². The molecule has 1 heterocycles. The van der Waals surface area contributed by atoms with Crippen LogP contribution in [0.3, 0.4) is 0 Å². The van der Waals surface area contributed by atoms with Gasteiger partial charge < -0.3 is 19.6 Å². The first-order valence-corrected chi connectivity index (χ1v) is 7.19. The fourth-order valence-electron chi connectivity index (χ4n) is 1.94. The van der Waals surface area contributed by atoms with Crippen LogP contribution in [-0.4, -0.2) is 18.8 Å². The van der Waals surface area contributed by atoms with Gasteiger partial charge in [-0.2, -0.15) is 0 Å². The van der Waals surface area contributed by atoms with Gasteiger partial charge in [0, 0.05) is 6.54 Å². The number of aliphatic hydroxyl groups excluding tert-OH is 1. The minimum absolute atomic E-state index is 0.0206. The summed E-state index contributed by atoms with van der Waals surface area (Å²) in [6.07, 6.45) is 1.06. The van der Waals surface area contributed by atoms with Crippen molar-refractivity contribution in [1.29, 1.82) is 0 Å². The molecule has 0 saturated heterocycles. The lowest BCUT2D eigenvalue weighted by Gasteiger charge is -2.16. The Morgan fingerprint density at radius 2 is 2.00 bits per heavy atom. The molecule has 0 radical (unpaired) electrons. The maximum atomic E-state index is 10.2. The van der Waals surface area contributed by atoms with Crippen molar-refractivity contribution in [3.63, 3.8) is 0 Å². The molecule has 2 atom stereocenters. The number of rotatable bonds is 6. The van der Waals surface area contributed by atoms with Crippen LogP contribution in [0.1, 0.15) is 30.4 Å². The van der Waals surface area contributed by atoms with Crippen molar-refractivity contribution in [3.05, 3.63) is 52.4 Å². The van der Waals surface area contributed by atoms with Crippen molar-refractivity contribution in [2.24, 2.45) is 0 Å². The molecule has 2 aromatic rings. The molecule has 108 valence electrons. The summed E-state index contributed by atoms with van der Waals surface area (Å²) in [7, 11) is 1.62. The largest absolute Gasteiger partial charge is 0.497 e. The number of hydrogen-bond acceptors (Lipinski definition) is 4. The third-order valence-corrected chi connectivity index (χ3v) is 3.81. The molecule has 1 aromatic carbocycles. The van der Waals surface area contributed by atoms with Gasteiger partial charge in [-0.3, -0.25) is 0 Å². The van der Waals surface area contributed by atoms with E-state index in [-0.39, 0.29) is 6.04 Å². The van der Waals surface area contributed by atoms with Crippen LogP contribution in [0.4, 0.5) is 0 Å². The van der Waals surface area contributed by atoms with Crippen LogP contribution in [0, 0.1) is 0 Å². The molecule has 0 bridgehead atoms. The number of benzene rings is 1. The first-order chi connectivity index (χ1) is 9.61. The minimum atomic E-state index is -0.572. The molecule has 0 saturated carbocycles. The molecule has 0 amide bonds. The van der Waals surface area contributed by atoms with Crippen LogP contribution < -0.4 is 10.1 Å². The van der Waals surface area contributed by atoms with Gasteiger partial charge in [0.25, 0.3) is 0 Å². The third kappa shape index (κ3) is 3.62. The second-order valence-corrected chi connectivity index (χ2v) is 5.41. The maximum absolute atomic E-state index is 10.2. The van der Waals surface area contributed by atoms with Crippen molar-refractivity contribution in [3.8, 4) is 5.75 Å². The van der Waals surface area contributed by atoms with E-state index in [9.17, 15) is 5.11 Å². The van der Waals surface area contributed by atoms with Crippen LogP contribution >= 0.6 is 15.9 Å². The molecular formula is C15H18BrNO3. The Hall–Kier alpha value is -1.30. The summed E-state index contributed by atoms with van der Waals surface area (Å²) in [6.45, 7) is 2.44. The molecule has 2 N–H and O–H groups in total. The molecule has 0 aliphatic heterocycles. The fourth-order valence-corrected chi connectivity index (χ4v) is 2.48. The number of aliphatic hydroxyl groups is 1. The molecule has 5 heteroatoms. The van der Waals surface area contributed by atoms with E-state index in [0.29, 0.717) is 6.54 Å². The normalized spacial score (nSPS) is 14.0. The van der Waals surface area contributed by atoms with Gasteiger partial charge in [-0.05, 0) is 46.6 Å². The standard InChI is InChI=1S/C15H18BrNO3/c1-10(15-13(16)7-8-20-15)17-9-14(18)11-3-5-12(19-2)6-4-11/h3-8,10,14,17-18H,9H2,1-2H3. The molecule has 4 nitrogen and oxygen atoms in total. The molecular weight excluding hydrogens is 322 g/mol. The zero-order valence-corrected chi connectivity index (χ0v) is 13.1. The van der Waals surface area contributed by atoms with Gasteiger partial charge in [-0.25, -0.2) is 0 Å². The van der Waals surface area contributed by atoms with Crippen molar-refractivity contribution in [2.45, 2.75) is 19.1 Å². The van der Waals surface area contributed by atoms with E-state index >= 15 is 0 Å². The molecule has 1 aromatic heterocycles. The molecule has 0 aliphatic carbocycles. The van der Waals surface area contributed by atoms with Gasteiger partial charge in [0.15, 0.2) is 0 Å². The Labute approximate surface area is 126 Å². The van der Waals surface area contributed by atoms with Gasteiger partial charge >= 0.3 is 0 Å². The number of furan rings is 1. The molecule has 0 spiro atoms. The quantitative estimate of drug-likeness (QED) is 0.846. The van der Waals surface area contributed by atoms with Crippen LogP contribution in [0.5, 0.6) is 5.75 Å². The van der Waals surface area contributed by atoms with E-state index in [0.717, 1.165) is 21.5 Å². The van der Waals surface area contributed by atoms with E-state index in [1.165, 1.54) is 0 Å². The predicted molar refractivity (Wildman–Crippen MR) is 80.8 cm³/mol. The van der Waals surface area contributed by atoms with Gasteiger partial charge in [0.05, 0.1) is 30.0 Å². The molecule has 20 heavy (non-hydrogen) atoms. The first-order valence-electron chi connectivity index (χ1n) is 6.40. The summed E-state index contributed by atoms with van der Waals surface area (Å²) < 4.78 is 11.4. The Morgan fingerprint density at radius 3 is 2.55 bits per heavy atom. The minimum Gasteiger partial charge on any atom is -0.497 e. The van der Waals surface area contributed by atoms with Crippen LogP contribution in [0.15, 0.2) is 45.5 Å². The van der Waals surface area contributed by atoms with E-state index in [2.05, 4.69) is 21.2 Å². The van der Waals surface area contributed by atoms with Crippen LogP contribution in [0.2, 0.25) is 0 Å². The van der Waals surface area contributed by atoms with Crippen LogP contribution in [0.25, 0.3) is 0 Å². The zero-order chi connectivity index (χ0) is 14.5. The van der Waals surface area contributed by atoms with Crippen molar-refractivity contribution in [2.75, 3.05) is 13.7 Å². The molecule has 2 unspecified atom stereocenters. The number of halogens is 1. The summed E-state index contributed by atoms with van der Waals surface area (Å²) in [4.78, 5) is 0. The number of ether oxygens (including phenoxy) is 1. The fraction of sp³-hybridized carbons (Fsp3) is 0.333. The van der Waals surface area contributed by atoms with Gasteiger partial charge in [-0.1, -0.05) is 12.1 Å². The number of hydrogen-bond donors (Lipinski definition) is 2. The summed E-state index contributed by atoms with van der Waals surface area (Å²) in [6, 6.07) is 9.27. The number of nitrogens with one attached hydrogen (secondary N) is 1. The Balaban J connectivity index is 1.91. The summed E-state index contributed by atoms with van der Waals surface area (Å²) in [5.41, 5.74) is 0.851. The van der Waals surface area contributed by atoms with Crippen molar-refractivity contribution in [1.82, 2.24) is 5.32 Å². The lowest BCUT2D eigenvalue weighted by molar-refractivity contribution is 0.169. The van der Waals surface area contributed by atoms with Gasteiger partial charge in [0.1, 0.15) is 11.5 Å². The average Bonchev–Trinajstić information content (AvgIpc) is 2.90. The van der Waals surface area contributed by atoms with Crippen molar-refractivity contribution < 1.29 is 14.3 Å². The highest BCUT2D eigenvalue weighted by Crippen LogP contribution is 2.25.